The zero-order valence-electron chi connectivity index (χ0n) is 12.4. The van der Waals surface area contributed by atoms with Crippen molar-refractivity contribution in [1.29, 1.82) is 0 Å². The molecule has 0 amide bonds. The van der Waals surface area contributed by atoms with Gasteiger partial charge in [-0.2, -0.15) is 0 Å². The molecular formula is C17H21NOS. The minimum absolute atomic E-state index is 0.0554. The molecule has 0 aliphatic rings. The molecule has 1 atom stereocenters. The number of hydrogen-bond acceptors (Lipinski definition) is 3. The smallest absolute Gasteiger partial charge is 0.124 e. The van der Waals surface area contributed by atoms with Crippen molar-refractivity contribution in [3.63, 3.8) is 0 Å². The molecule has 2 aromatic carbocycles. The highest BCUT2D eigenvalue weighted by molar-refractivity contribution is 7.99. The predicted molar refractivity (Wildman–Crippen MR) is 85.6 cm³/mol. The highest BCUT2D eigenvalue weighted by atomic mass is 32.2. The maximum atomic E-state index is 6.11. The Kier molecular flexibility index (Phi) is 4.73. The second kappa shape index (κ2) is 6.33. The van der Waals surface area contributed by atoms with Gasteiger partial charge in [0.25, 0.3) is 0 Å². The lowest BCUT2D eigenvalue weighted by Crippen LogP contribution is -2.08. The lowest BCUT2D eigenvalue weighted by molar-refractivity contribution is 0.405. The first-order valence-corrected chi connectivity index (χ1v) is 7.52. The summed E-state index contributed by atoms with van der Waals surface area (Å²) in [6.07, 6.45) is 0. The van der Waals surface area contributed by atoms with Crippen molar-refractivity contribution in [3.8, 4) is 5.75 Å². The van der Waals surface area contributed by atoms with E-state index >= 15 is 0 Å². The van der Waals surface area contributed by atoms with Crippen molar-refractivity contribution in [2.24, 2.45) is 5.73 Å². The SMILES string of the molecule is COc1cccc(Sc2ccc(C)c(C)c2)c1[C@H](C)N. The molecule has 0 aromatic heterocycles. The monoisotopic (exact) mass is 287 g/mol. The Labute approximate surface area is 125 Å². The van der Waals surface area contributed by atoms with Crippen LogP contribution in [0.5, 0.6) is 5.75 Å². The summed E-state index contributed by atoms with van der Waals surface area (Å²) < 4.78 is 5.43. The lowest BCUT2D eigenvalue weighted by atomic mass is 10.1. The summed E-state index contributed by atoms with van der Waals surface area (Å²) in [5.41, 5.74) is 9.79. The van der Waals surface area contributed by atoms with E-state index in [1.54, 1.807) is 18.9 Å². The fourth-order valence-corrected chi connectivity index (χ4v) is 3.31. The van der Waals surface area contributed by atoms with E-state index in [1.165, 1.54) is 16.0 Å². The third-order valence-electron chi connectivity index (χ3n) is 3.41. The first-order chi connectivity index (χ1) is 9.52. The van der Waals surface area contributed by atoms with E-state index in [9.17, 15) is 0 Å². The van der Waals surface area contributed by atoms with E-state index in [2.05, 4.69) is 38.1 Å². The largest absolute Gasteiger partial charge is 0.496 e. The van der Waals surface area contributed by atoms with Gasteiger partial charge in [-0.05, 0) is 56.2 Å². The minimum Gasteiger partial charge on any atom is -0.496 e. The molecule has 0 aliphatic heterocycles. The molecule has 2 rings (SSSR count). The number of ether oxygens (including phenoxy) is 1. The Balaban J connectivity index is 2.40. The van der Waals surface area contributed by atoms with Crippen LogP contribution in [-0.2, 0) is 0 Å². The standard InChI is InChI=1S/C17H21NOS/c1-11-8-9-14(10-12(11)2)20-16-7-5-6-15(19-4)17(16)13(3)18/h5-10,13H,18H2,1-4H3/t13-/m0/s1. The molecule has 0 heterocycles. The zero-order valence-corrected chi connectivity index (χ0v) is 13.3. The molecule has 0 fully saturated rings. The number of nitrogens with two attached hydrogens (primary N) is 1. The van der Waals surface area contributed by atoms with E-state index < -0.39 is 0 Å². The van der Waals surface area contributed by atoms with Crippen molar-refractivity contribution in [2.75, 3.05) is 7.11 Å². The molecule has 0 saturated carbocycles. The summed E-state index contributed by atoms with van der Waals surface area (Å²) in [5.74, 6) is 0.855. The van der Waals surface area contributed by atoms with Crippen molar-refractivity contribution >= 4 is 11.8 Å². The summed E-state index contributed by atoms with van der Waals surface area (Å²) in [7, 11) is 1.69. The minimum atomic E-state index is -0.0554. The number of hydrogen-bond donors (Lipinski definition) is 1. The molecule has 0 unspecified atom stereocenters. The molecule has 20 heavy (non-hydrogen) atoms. The topological polar surface area (TPSA) is 35.2 Å². The van der Waals surface area contributed by atoms with Crippen LogP contribution in [0.3, 0.4) is 0 Å². The van der Waals surface area contributed by atoms with E-state index in [1.807, 2.05) is 19.1 Å². The van der Waals surface area contributed by atoms with Gasteiger partial charge >= 0.3 is 0 Å². The first kappa shape index (κ1) is 14.9. The maximum Gasteiger partial charge on any atom is 0.124 e. The average molecular weight is 287 g/mol. The van der Waals surface area contributed by atoms with Crippen LogP contribution in [0, 0.1) is 13.8 Å². The van der Waals surface area contributed by atoms with Gasteiger partial charge in [0.05, 0.1) is 7.11 Å². The molecule has 0 radical (unpaired) electrons. The van der Waals surface area contributed by atoms with Crippen LogP contribution in [0.25, 0.3) is 0 Å². The molecule has 106 valence electrons. The summed E-state index contributed by atoms with van der Waals surface area (Å²) in [4.78, 5) is 2.38. The van der Waals surface area contributed by atoms with Gasteiger partial charge in [0.1, 0.15) is 5.75 Å². The Morgan fingerprint density at radius 2 is 1.85 bits per heavy atom. The summed E-state index contributed by atoms with van der Waals surface area (Å²) in [5, 5.41) is 0. The summed E-state index contributed by atoms with van der Waals surface area (Å²) in [6, 6.07) is 12.5. The predicted octanol–water partition coefficient (Wildman–Crippen LogP) is 4.48. The number of rotatable bonds is 4. The van der Waals surface area contributed by atoms with Gasteiger partial charge in [0.15, 0.2) is 0 Å². The van der Waals surface area contributed by atoms with Gasteiger partial charge in [0.2, 0.25) is 0 Å². The number of aryl methyl sites for hydroxylation is 2. The van der Waals surface area contributed by atoms with Gasteiger partial charge < -0.3 is 10.5 Å². The molecule has 0 spiro atoms. The zero-order chi connectivity index (χ0) is 14.7. The highest BCUT2D eigenvalue weighted by Gasteiger charge is 2.14. The lowest BCUT2D eigenvalue weighted by Gasteiger charge is -2.16. The second-order valence-corrected chi connectivity index (χ2v) is 6.12. The van der Waals surface area contributed by atoms with Gasteiger partial charge in [-0.25, -0.2) is 0 Å². The van der Waals surface area contributed by atoms with E-state index in [0.29, 0.717) is 0 Å². The van der Waals surface area contributed by atoms with Crippen molar-refractivity contribution < 1.29 is 4.74 Å². The van der Waals surface area contributed by atoms with E-state index in [0.717, 1.165) is 16.2 Å². The van der Waals surface area contributed by atoms with E-state index in [4.69, 9.17) is 10.5 Å². The van der Waals surface area contributed by atoms with Crippen LogP contribution >= 0.6 is 11.8 Å². The van der Waals surface area contributed by atoms with Crippen molar-refractivity contribution in [1.82, 2.24) is 0 Å². The van der Waals surface area contributed by atoms with Crippen LogP contribution < -0.4 is 10.5 Å². The van der Waals surface area contributed by atoms with Crippen molar-refractivity contribution in [3.05, 3.63) is 53.1 Å². The van der Waals surface area contributed by atoms with E-state index in [-0.39, 0.29) is 6.04 Å². The molecule has 0 bridgehead atoms. The number of benzene rings is 2. The molecule has 2 aromatic rings. The highest BCUT2D eigenvalue weighted by Crippen LogP contribution is 2.38. The fraction of sp³-hybridized carbons (Fsp3) is 0.294. The number of methoxy groups -OCH3 is 1. The van der Waals surface area contributed by atoms with Crippen LogP contribution in [0.4, 0.5) is 0 Å². The Bertz CT molecular complexity index is 608. The Morgan fingerprint density at radius 3 is 2.45 bits per heavy atom. The van der Waals surface area contributed by atoms with Gasteiger partial charge in [-0.15, -0.1) is 0 Å². The Morgan fingerprint density at radius 1 is 1.10 bits per heavy atom. The van der Waals surface area contributed by atoms with Gasteiger partial charge in [-0.1, -0.05) is 23.9 Å². The van der Waals surface area contributed by atoms with Gasteiger partial charge in [-0.3, -0.25) is 0 Å². The third-order valence-corrected chi connectivity index (χ3v) is 4.47. The normalized spacial score (nSPS) is 12.2. The third kappa shape index (κ3) is 3.17. The van der Waals surface area contributed by atoms with Crippen LogP contribution in [0.1, 0.15) is 29.7 Å². The molecular weight excluding hydrogens is 266 g/mol. The first-order valence-electron chi connectivity index (χ1n) is 6.70. The Hall–Kier alpha value is -1.45. The molecule has 3 heteroatoms. The molecule has 0 saturated heterocycles. The average Bonchev–Trinajstić information content (AvgIpc) is 2.42. The summed E-state index contributed by atoms with van der Waals surface area (Å²) in [6.45, 7) is 6.25. The van der Waals surface area contributed by atoms with Crippen LogP contribution in [-0.4, -0.2) is 7.11 Å². The maximum absolute atomic E-state index is 6.11. The fourth-order valence-electron chi connectivity index (χ4n) is 2.14. The van der Waals surface area contributed by atoms with Gasteiger partial charge in [0, 0.05) is 21.4 Å². The van der Waals surface area contributed by atoms with Crippen LogP contribution in [0.2, 0.25) is 0 Å². The van der Waals surface area contributed by atoms with Crippen molar-refractivity contribution in [2.45, 2.75) is 36.6 Å². The quantitative estimate of drug-likeness (QED) is 0.900. The molecule has 0 aliphatic carbocycles. The molecule has 2 nitrogen and oxygen atoms in total. The second-order valence-electron chi connectivity index (χ2n) is 5.01. The molecule has 2 N–H and O–H groups in total. The summed E-state index contributed by atoms with van der Waals surface area (Å²) >= 11 is 1.73. The van der Waals surface area contributed by atoms with Crippen LogP contribution in [0.15, 0.2) is 46.2 Å².